The summed E-state index contributed by atoms with van der Waals surface area (Å²) in [7, 11) is 0. The van der Waals surface area contributed by atoms with Crippen molar-refractivity contribution in [2.75, 3.05) is 0 Å². The molecule has 1 heterocycles. The van der Waals surface area contributed by atoms with Gasteiger partial charge in [-0.15, -0.1) is 0 Å². The Bertz CT molecular complexity index is 384. The Balaban J connectivity index is 2.16. The van der Waals surface area contributed by atoms with E-state index < -0.39 is 0 Å². The van der Waals surface area contributed by atoms with Crippen molar-refractivity contribution in [1.29, 1.82) is 0 Å². The predicted molar refractivity (Wildman–Crippen MR) is 71.4 cm³/mol. The summed E-state index contributed by atoms with van der Waals surface area (Å²) in [5.41, 5.74) is 0.929. The third-order valence-electron chi connectivity index (χ3n) is 3.80. The van der Waals surface area contributed by atoms with Crippen molar-refractivity contribution in [3.8, 4) is 5.75 Å². The van der Waals surface area contributed by atoms with Crippen LogP contribution in [-0.2, 0) is 6.54 Å². The fraction of sp³-hybridized carbons (Fsp3) is 0.571. The van der Waals surface area contributed by atoms with Gasteiger partial charge in [-0.1, -0.05) is 30.2 Å². The molecule has 1 aromatic carbocycles. The molecular weight excluding hydrogens is 234 g/mol. The number of piperidine rings is 1. The molecule has 0 amide bonds. The van der Waals surface area contributed by atoms with Gasteiger partial charge in [0.2, 0.25) is 0 Å². The Morgan fingerprint density at radius 2 is 1.94 bits per heavy atom. The van der Waals surface area contributed by atoms with E-state index >= 15 is 0 Å². The summed E-state index contributed by atoms with van der Waals surface area (Å²) in [5, 5.41) is 10.4. The van der Waals surface area contributed by atoms with Gasteiger partial charge in [0.05, 0.1) is 5.02 Å². The molecule has 0 radical (unpaired) electrons. The van der Waals surface area contributed by atoms with Crippen LogP contribution in [0, 0.1) is 0 Å². The molecule has 2 atom stereocenters. The molecule has 1 aliphatic rings. The number of para-hydroxylation sites is 1. The second-order valence-electron chi connectivity index (χ2n) is 5.05. The number of halogens is 1. The van der Waals surface area contributed by atoms with Gasteiger partial charge in [0.25, 0.3) is 0 Å². The summed E-state index contributed by atoms with van der Waals surface area (Å²) < 4.78 is 0. The molecule has 1 saturated heterocycles. The monoisotopic (exact) mass is 253 g/mol. The van der Waals surface area contributed by atoms with Gasteiger partial charge in [0, 0.05) is 24.2 Å². The third-order valence-corrected chi connectivity index (χ3v) is 4.10. The van der Waals surface area contributed by atoms with Crippen molar-refractivity contribution >= 4 is 11.6 Å². The number of nitrogens with zero attached hydrogens (tertiary/aromatic N) is 1. The SMILES string of the molecule is C[C@@H]1CCC[C@H](C)N1Cc1cccc(Cl)c1O. The van der Waals surface area contributed by atoms with Crippen LogP contribution in [0.3, 0.4) is 0 Å². The van der Waals surface area contributed by atoms with Crippen LogP contribution in [0.2, 0.25) is 5.02 Å². The molecule has 0 bridgehead atoms. The van der Waals surface area contributed by atoms with Crippen LogP contribution < -0.4 is 0 Å². The van der Waals surface area contributed by atoms with Crippen LogP contribution in [0.25, 0.3) is 0 Å². The van der Waals surface area contributed by atoms with Crippen molar-refractivity contribution in [3.63, 3.8) is 0 Å². The summed E-state index contributed by atoms with van der Waals surface area (Å²) in [4.78, 5) is 2.45. The van der Waals surface area contributed by atoms with E-state index in [0.29, 0.717) is 17.1 Å². The fourth-order valence-corrected chi connectivity index (χ4v) is 2.86. The number of phenolic OH excluding ortho intramolecular Hbond substituents is 1. The largest absolute Gasteiger partial charge is 0.506 e. The highest BCUT2D eigenvalue weighted by Gasteiger charge is 2.25. The Kier molecular flexibility index (Phi) is 3.95. The van der Waals surface area contributed by atoms with Crippen LogP contribution >= 0.6 is 11.6 Å². The number of benzene rings is 1. The number of hydrogen-bond donors (Lipinski definition) is 1. The molecule has 0 spiro atoms. The van der Waals surface area contributed by atoms with Gasteiger partial charge < -0.3 is 5.11 Å². The van der Waals surface area contributed by atoms with E-state index in [1.807, 2.05) is 12.1 Å². The summed E-state index contributed by atoms with van der Waals surface area (Å²) in [5.74, 6) is 0.235. The lowest BCUT2D eigenvalue weighted by Crippen LogP contribution is -2.42. The van der Waals surface area contributed by atoms with E-state index in [4.69, 9.17) is 11.6 Å². The van der Waals surface area contributed by atoms with Crippen LogP contribution in [0.4, 0.5) is 0 Å². The quantitative estimate of drug-likeness (QED) is 0.867. The first-order valence-corrected chi connectivity index (χ1v) is 6.69. The minimum absolute atomic E-state index is 0.235. The lowest BCUT2D eigenvalue weighted by atomic mass is 9.96. The van der Waals surface area contributed by atoms with E-state index in [9.17, 15) is 5.11 Å². The summed E-state index contributed by atoms with van der Waals surface area (Å²) >= 11 is 5.94. The maximum atomic E-state index is 9.94. The Morgan fingerprint density at radius 3 is 2.59 bits per heavy atom. The molecule has 1 N–H and O–H groups in total. The zero-order chi connectivity index (χ0) is 12.4. The normalized spacial score (nSPS) is 26.1. The van der Waals surface area contributed by atoms with Gasteiger partial charge in [-0.2, -0.15) is 0 Å². The average Bonchev–Trinajstić information content (AvgIpc) is 2.29. The molecule has 0 saturated carbocycles. The van der Waals surface area contributed by atoms with Gasteiger partial charge in [-0.05, 0) is 32.8 Å². The average molecular weight is 254 g/mol. The van der Waals surface area contributed by atoms with Gasteiger partial charge in [-0.25, -0.2) is 0 Å². The highest BCUT2D eigenvalue weighted by Crippen LogP contribution is 2.31. The third kappa shape index (κ3) is 2.75. The predicted octanol–water partition coefficient (Wildman–Crippen LogP) is 3.81. The highest BCUT2D eigenvalue weighted by molar-refractivity contribution is 6.32. The van der Waals surface area contributed by atoms with E-state index in [1.54, 1.807) is 6.07 Å². The molecular formula is C14H20ClNO. The standard InChI is InChI=1S/C14H20ClNO/c1-10-5-3-6-11(2)16(10)9-12-7-4-8-13(15)14(12)17/h4,7-8,10-11,17H,3,5-6,9H2,1-2H3/t10-,11+. The van der Waals surface area contributed by atoms with Crippen molar-refractivity contribution in [1.82, 2.24) is 4.90 Å². The minimum Gasteiger partial charge on any atom is -0.506 e. The molecule has 0 unspecified atom stereocenters. The van der Waals surface area contributed by atoms with Gasteiger partial charge in [-0.3, -0.25) is 4.90 Å². The topological polar surface area (TPSA) is 23.5 Å². The lowest BCUT2D eigenvalue weighted by molar-refractivity contribution is 0.0944. The van der Waals surface area contributed by atoms with Crippen LogP contribution in [0.5, 0.6) is 5.75 Å². The Labute approximate surface area is 108 Å². The molecule has 17 heavy (non-hydrogen) atoms. The van der Waals surface area contributed by atoms with Crippen molar-refractivity contribution < 1.29 is 5.11 Å². The maximum absolute atomic E-state index is 9.94. The molecule has 1 fully saturated rings. The Hall–Kier alpha value is -0.730. The van der Waals surface area contributed by atoms with Crippen LogP contribution in [0.15, 0.2) is 18.2 Å². The van der Waals surface area contributed by atoms with Gasteiger partial charge >= 0.3 is 0 Å². The fourth-order valence-electron chi connectivity index (χ4n) is 2.67. The maximum Gasteiger partial charge on any atom is 0.138 e. The lowest BCUT2D eigenvalue weighted by Gasteiger charge is -2.39. The number of hydrogen-bond acceptors (Lipinski definition) is 2. The number of phenols is 1. The van der Waals surface area contributed by atoms with E-state index in [2.05, 4.69) is 18.7 Å². The first-order chi connectivity index (χ1) is 8.09. The molecule has 1 aliphatic heterocycles. The number of rotatable bonds is 2. The van der Waals surface area contributed by atoms with Gasteiger partial charge in [0.15, 0.2) is 0 Å². The van der Waals surface area contributed by atoms with Crippen molar-refractivity contribution in [2.45, 2.75) is 51.7 Å². The number of aromatic hydroxyl groups is 1. The summed E-state index contributed by atoms with van der Waals surface area (Å²) in [6.45, 7) is 5.31. The zero-order valence-corrected chi connectivity index (χ0v) is 11.2. The van der Waals surface area contributed by atoms with E-state index in [1.165, 1.54) is 19.3 Å². The first kappa shape index (κ1) is 12.7. The second kappa shape index (κ2) is 5.28. The number of likely N-dealkylation sites (tertiary alicyclic amines) is 1. The van der Waals surface area contributed by atoms with E-state index in [0.717, 1.165) is 12.1 Å². The van der Waals surface area contributed by atoms with Crippen LogP contribution in [0.1, 0.15) is 38.7 Å². The molecule has 94 valence electrons. The minimum atomic E-state index is 0.235. The first-order valence-electron chi connectivity index (χ1n) is 6.31. The molecule has 0 aromatic heterocycles. The molecule has 1 aromatic rings. The zero-order valence-electron chi connectivity index (χ0n) is 10.5. The summed E-state index contributed by atoms with van der Waals surface area (Å²) in [6, 6.07) is 6.74. The van der Waals surface area contributed by atoms with Crippen molar-refractivity contribution in [2.24, 2.45) is 0 Å². The highest BCUT2D eigenvalue weighted by atomic mass is 35.5. The van der Waals surface area contributed by atoms with Crippen LogP contribution in [-0.4, -0.2) is 22.1 Å². The van der Waals surface area contributed by atoms with Gasteiger partial charge in [0.1, 0.15) is 5.75 Å². The smallest absolute Gasteiger partial charge is 0.138 e. The van der Waals surface area contributed by atoms with Crippen molar-refractivity contribution in [3.05, 3.63) is 28.8 Å². The summed E-state index contributed by atoms with van der Waals surface area (Å²) in [6.07, 6.45) is 3.79. The second-order valence-corrected chi connectivity index (χ2v) is 5.46. The molecule has 3 heteroatoms. The van der Waals surface area contributed by atoms with E-state index in [-0.39, 0.29) is 5.75 Å². The molecule has 2 nitrogen and oxygen atoms in total. The molecule has 0 aliphatic carbocycles. The molecule has 2 rings (SSSR count). The Morgan fingerprint density at radius 1 is 1.29 bits per heavy atom.